The lowest BCUT2D eigenvalue weighted by Gasteiger charge is -2.09. The molecule has 0 saturated carbocycles. The van der Waals surface area contributed by atoms with Gasteiger partial charge in [0.2, 0.25) is 0 Å². The predicted octanol–water partition coefficient (Wildman–Crippen LogP) is 4.48. The van der Waals surface area contributed by atoms with E-state index in [1.165, 1.54) is 12.1 Å². The number of methoxy groups -OCH3 is 1. The molecule has 0 aromatic heterocycles. The highest BCUT2D eigenvalue weighted by molar-refractivity contribution is 6.18. The summed E-state index contributed by atoms with van der Waals surface area (Å²) in [4.78, 5) is 12.4. The monoisotopic (exact) mass is 360 g/mol. The molecule has 0 saturated heterocycles. The zero-order chi connectivity index (χ0) is 18.2. The highest BCUT2D eigenvalue weighted by Crippen LogP contribution is 2.28. The number of aryl methyl sites for hydroxylation is 1. The molecule has 0 aliphatic carbocycles. The average Bonchev–Trinajstić information content (AvgIpc) is 2.62. The number of alkyl halides is 1. The predicted molar refractivity (Wildman–Crippen MR) is 100 cm³/mol. The zero-order valence-corrected chi connectivity index (χ0v) is 15.0. The van der Waals surface area contributed by atoms with E-state index in [4.69, 9.17) is 21.1 Å². The summed E-state index contributed by atoms with van der Waals surface area (Å²) in [6.07, 6.45) is 3.72. The molecule has 132 valence electrons. The fourth-order valence-corrected chi connectivity index (χ4v) is 2.58. The summed E-state index contributed by atoms with van der Waals surface area (Å²) in [5.41, 5.74) is 2.00. The van der Waals surface area contributed by atoms with Gasteiger partial charge in [0.25, 0.3) is 0 Å². The second-order valence-corrected chi connectivity index (χ2v) is 5.70. The lowest BCUT2D eigenvalue weighted by molar-refractivity contribution is 0.104. The van der Waals surface area contributed by atoms with Gasteiger partial charge in [-0.3, -0.25) is 4.79 Å². The van der Waals surface area contributed by atoms with E-state index in [2.05, 4.69) is 0 Å². The molecular weight excluding hydrogens is 340 g/mol. The molecule has 0 spiro atoms. The Morgan fingerprint density at radius 1 is 1.20 bits per heavy atom. The first-order valence-electron chi connectivity index (χ1n) is 8.00. The summed E-state index contributed by atoms with van der Waals surface area (Å²) >= 11 is 5.71. The van der Waals surface area contributed by atoms with Crippen molar-refractivity contribution in [2.75, 3.05) is 19.6 Å². The summed E-state index contributed by atoms with van der Waals surface area (Å²) in [7, 11) is 1.58. The maximum Gasteiger partial charge on any atom is 0.185 e. The number of halogens is 1. The van der Waals surface area contributed by atoms with Gasteiger partial charge in [-0.05, 0) is 60.9 Å². The molecule has 25 heavy (non-hydrogen) atoms. The largest absolute Gasteiger partial charge is 0.508 e. The zero-order valence-electron chi connectivity index (χ0n) is 14.3. The molecule has 0 amide bonds. The van der Waals surface area contributed by atoms with E-state index in [-0.39, 0.29) is 11.5 Å². The van der Waals surface area contributed by atoms with Gasteiger partial charge in [0.1, 0.15) is 5.75 Å². The molecule has 5 heteroatoms. The van der Waals surface area contributed by atoms with Crippen molar-refractivity contribution < 1.29 is 19.4 Å². The van der Waals surface area contributed by atoms with Gasteiger partial charge in [0.05, 0.1) is 13.7 Å². The average molecular weight is 361 g/mol. The van der Waals surface area contributed by atoms with E-state index < -0.39 is 0 Å². The standard InChI is InChI=1S/C20H21ClO4/c1-3-25-20-12-14(5-9-19(20)24-2)4-7-17(22)15-6-8-18(23)16(13-15)10-11-21/h4-9,12-13,23H,3,10-11H2,1-2H3/b7-4+. The Kier molecular flexibility index (Phi) is 6.90. The van der Waals surface area contributed by atoms with Gasteiger partial charge < -0.3 is 14.6 Å². The second kappa shape index (κ2) is 9.14. The van der Waals surface area contributed by atoms with E-state index in [0.717, 1.165) is 5.56 Å². The molecule has 2 aromatic rings. The van der Waals surface area contributed by atoms with Gasteiger partial charge >= 0.3 is 0 Å². The van der Waals surface area contributed by atoms with E-state index in [1.807, 2.05) is 19.1 Å². The number of hydrogen-bond acceptors (Lipinski definition) is 4. The summed E-state index contributed by atoms with van der Waals surface area (Å²) in [6, 6.07) is 10.3. The summed E-state index contributed by atoms with van der Waals surface area (Å²) < 4.78 is 10.8. The molecule has 2 rings (SSSR count). The first kappa shape index (κ1) is 18.9. The normalized spacial score (nSPS) is 10.8. The topological polar surface area (TPSA) is 55.8 Å². The number of rotatable bonds is 8. The third-order valence-corrected chi connectivity index (χ3v) is 3.83. The van der Waals surface area contributed by atoms with Crippen LogP contribution in [0.2, 0.25) is 0 Å². The van der Waals surface area contributed by atoms with Crippen molar-refractivity contribution in [2.24, 2.45) is 0 Å². The maximum absolute atomic E-state index is 12.4. The van der Waals surface area contributed by atoms with Crippen molar-refractivity contribution in [1.29, 1.82) is 0 Å². The molecule has 0 aliphatic rings. The van der Waals surface area contributed by atoms with E-state index in [0.29, 0.717) is 41.5 Å². The molecule has 2 aromatic carbocycles. The third kappa shape index (κ3) is 5.00. The first-order valence-corrected chi connectivity index (χ1v) is 8.53. The van der Waals surface area contributed by atoms with Crippen LogP contribution in [0.3, 0.4) is 0 Å². The molecule has 0 bridgehead atoms. The molecule has 0 radical (unpaired) electrons. The van der Waals surface area contributed by atoms with Crippen LogP contribution in [0.25, 0.3) is 6.08 Å². The Balaban J connectivity index is 2.20. The van der Waals surface area contributed by atoms with Gasteiger partial charge in [0.15, 0.2) is 17.3 Å². The molecule has 0 fully saturated rings. The van der Waals surface area contributed by atoms with Crippen LogP contribution >= 0.6 is 11.6 Å². The highest BCUT2D eigenvalue weighted by Gasteiger charge is 2.08. The number of carbonyl (C=O) groups excluding carboxylic acids is 1. The van der Waals surface area contributed by atoms with Crippen LogP contribution in [-0.4, -0.2) is 30.5 Å². The SMILES string of the molecule is CCOc1cc(/C=C/C(=O)c2ccc(O)c(CCCl)c2)ccc1OC. The Hall–Kier alpha value is -2.46. The van der Waals surface area contributed by atoms with Crippen molar-refractivity contribution in [1.82, 2.24) is 0 Å². The summed E-state index contributed by atoms with van der Waals surface area (Å²) in [5.74, 6) is 1.66. The van der Waals surface area contributed by atoms with Gasteiger partial charge in [-0.25, -0.2) is 0 Å². The van der Waals surface area contributed by atoms with E-state index in [1.54, 1.807) is 31.4 Å². The minimum absolute atomic E-state index is 0.149. The lowest BCUT2D eigenvalue weighted by Crippen LogP contribution is -1.97. The molecule has 0 heterocycles. The first-order chi connectivity index (χ1) is 12.1. The van der Waals surface area contributed by atoms with Crippen LogP contribution in [0.5, 0.6) is 17.2 Å². The van der Waals surface area contributed by atoms with Gasteiger partial charge in [-0.1, -0.05) is 12.1 Å². The number of phenols is 1. The molecule has 1 N–H and O–H groups in total. The van der Waals surface area contributed by atoms with E-state index in [9.17, 15) is 9.90 Å². The fourth-order valence-electron chi connectivity index (χ4n) is 2.37. The van der Waals surface area contributed by atoms with Crippen LogP contribution in [0.15, 0.2) is 42.5 Å². The molecule has 0 aliphatic heterocycles. The number of benzene rings is 2. The number of ketones is 1. The minimum Gasteiger partial charge on any atom is -0.508 e. The van der Waals surface area contributed by atoms with Crippen molar-refractivity contribution >= 4 is 23.5 Å². The van der Waals surface area contributed by atoms with Crippen LogP contribution in [0.1, 0.15) is 28.4 Å². The molecular formula is C20H21ClO4. The number of ether oxygens (including phenoxy) is 2. The number of allylic oxidation sites excluding steroid dienone is 1. The maximum atomic E-state index is 12.4. The summed E-state index contributed by atoms with van der Waals surface area (Å²) in [6.45, 7) is 2.42. The van der Waals surface area contributed by atoms with Crippen LogP contribution in [0, 0.1) is 0 Å². The fraction of sp³-hybridized carbons (Fsp3) is 0.250. The highest BCUT2D eigenvalue weighted by atomic mass is 35.5. The van der Waals surface area contributed by atoms with Gasteiger partial charge in [0, 0.05) is 11.4 Å². The minimum atomic E-state index is -0.149. The van der Waals surface area contributed by atoms with E-state index >= 15 is 0 Å². The number of phenolic OH excluding ortho intramolecular Hbond substituents is 1. The number of hydrogen-bond donors (Lipinski definition) is 1. The van der Waals surface area contributed by atoms with Crippen LogP contribution in [0.4, 0.5) is 0 Å². The van der Waals surface area contributed by atoms with Crippen LogP contribution < -0.4 is 9.47 Å². The van der Waals surface area contributed by atoms with Crippen molar-refractivity contribution in [3.63, 3.8) is 0 Å². The van der Waals surface area contributed by atoms with Crippen molar-refractivity contribution in [3.05, 3.63) is 59.2 Å². The molecule has 0 atom stereocenters. The number of carbonyl (C=O) groups is 1. The second-order valence-electron chi connectivity index (χ2n) is 5.32. The third-order valence-electron chi connectivity index (χ3n) is 3.64. The molecule has 4 nitrogen and oxygen atoms in total. The Labute approximate surface area is 152 Å². The van der Waals surface area contributed by atoms with Crippen molar-refractivity contribution in [3.8, 4) is 17.2 Å². The Bertz CT molecular complexity index is 768. The lowest BCUT2D eigenvalue weighted by atomic mass is 10.0. The van der Waals surface area contributed by atoms with Gasteiger partial charge in [-0.2, -0.15) is 0 Å². The quantitative estimate of drug-likeness (QED) is 0.428. The Morgan fingerprint density at radius 3 is 2.68 bits per heavy atom. The molecule has 0 unspecified atom stereocenters. The van der Waals surface area contributed by atoms with Crippen LogP contribution in [-0.2, 0) is 6.42 Å². The van der Waals surface area contributed by atoms with Gasteiger partial charge in [-0.15, -0.1) is 11.6 Å². The smallest absolute Gasteiger partial charge is 0.185 e. The Morgan fingerprint density at radius 2 is 2.00 bits per heavy atom. The summed E-state index contributed by atoms with van der Waals surface area (Å²) in [5, 5.41) is 9.77. The number of aromatic hydroxyl groups is 1. The van der Waals surface area contributed by atoms with Crippen molar-refractivity contribution in [2.45, 2.75) is 13.3 Å².